The molecule has 0 radical (unpaired) electrons. The van der Waals surface area contributed by atoms with Gasteiger partial charge >= 0.3 is 7.82 Å². The van der Waals surface area contributed by atoms with E-state index in [-0.39, 0.29) is 0 Å². The summed E-state index contributed by atoms with van der Waals surface area (Å²) in [7, 11) is -4.76. The van der Waals surface area contributed by atoms with Crippen LogP contribution < -0.4 is 0 Å². The maximum atomic E-state index is 12.9. The highest BCUT2D eigenvalue weighted by Crippen LogP contribution is 2.36. The fourth-order valence-electron chi connectivity index (χ4n) is 1.22. The van der Waals surface area contributed by atoms with Crippen molar-refractivity contribution in [2.45, 2.75) is 30.8 Å². The fourth-order valence-corrected chi connectivity index (χ4v) is 1.56. The Balaban J connectivity index is 2.57. The SMILES string of the molecule is O=P(O)(O)OC[C@H]1OC(O)[C@H](F)[C@@H](O)[C@@H]1O. The number of hydrogen-bond acceptors (Lipinski definition) is 6. The Hall–Kier alpha value is -0.120. The molecule has 8 nitrogen and oxygen atoms in total. The molecule has 1 aliphatic heterocycles. The van der Waals surface area contributed by atoms with Gasteiger partial charge in [0.2, 0.25) is 0 Å². The summed E-state index contributed by atoms with van der Waals surface area (Å²) in [5.74, 6) is 0. The minimum atomic E-state index is -4.76. The molecule has 0 spiro atoms. The van der Waals surface area contributed by atoms with Gasteiger partial charge in [-0.25, -0.2) is 8.96 Å². The predicted molar refractivity (Wildman–Crippen MR) is 45.8 cm³/mol. The first kappa shape index (κ1) is 13.9. The third-order valence-corrected chi connectivity index (χ3v) is 2.54. The summed E-state index contributed by atoms with van der Waals surface area (Å²) >= 11 is 0. The smallest absolute Gasteiger partial charge is 0.387 e. The summed E-state index contributed by atoms with van der Waals surface area (Å²) in [6.45, 7) is -0.785. The number of ether oxygens (including phenoxy) is 1. The predicted octanol–water partition coefficient (Wildman–Crippen LogP) is -2.13. The van der Waals surface area contributed by atoms with E-state index in [1.807, 2.05) is 0 Å². The monoisotopic (exact) mass is 262 g/mol. The molecule has 1 rings (SSSR count). The number of hydrogen-bond donors (Lipinski definition) is 5. The Labute approximate surface area is 89.5 Å². The number of aliphatic hydroxyl groups excluding tert-OH is 3. The Morgan fingerprint density at radius 3 is 2.31 bits per heavy atom. The summed E-state index contributed by atoms with van der Waals surface area (Å²) in [6.07, 6.45) is -9.26. The fraction of sp³-hybridized carbons (Fsp3) is 1.00. The molecule has 1 saturated heterocycles. The van der Waals surface area contributed by atoms with Crippen LogP contribution in [0.1, 0.15) is 0 Å². The van der Waals surface area contributed by atoms with Crippen LogP contribution in [0, 0.1) is 0 Å². The van der Waals surface area contributed by atoms with Crippen LogP contribution in [-0.2, 0) is 13.8 Å². The van der Waals surface area contributed by atoms with E-state index in [2.05, 4.69) is 9.26 Å². The van der Waals surface area contributed by atoms with Crippen molar-refractivity contribution in [3.63, 3.8) is 0 Å². The molecule has 0 bridgehead atoms. The first-order valence-corrected chi connectivity index (χ1v) is 5.79. The average molecular weight is 262 g/mol. The number of halogens is 1. The molecule has 1 fully saturated rings. The van der Waals surface area contributed by atoms with Gasteiger partial charge in [0.25, 0.3) is 0 Å². The lowest BCUT2D eigenvalue weighted by Crippen LogP contribution is -2.57. The Morgan fingerprint density at radius 2 is 1.81 bits per heavy atom. The van der Waals surface area contributed by atoms with Gasteiger partial charge in [-0.1, -0.05) is 0 Å². The van der Waals surface area contributed by atoms with E-state index in [1.165, 1.54) is 0 Å². The normalized spacial score (nSPS) is 41.0. The molecule has 0 aliphatic carbocycles. The highest BCUT2D eigenvalue weighted by atomic mass is 31.2. The van der Waals surface area contributed by atoms with Crippen molar-refractivity contribution in [2.24, 2.45) is 0 Å². The summed E-state index contributed by atoms with van der Waals surface area (Å²) in [6, 6.07) is 0. The maximum Gasteiger partial charge on any atom is 0.469 e. The summed E-state index contributed by atoms with van der Waals surface area (Å²) in [4.78, 5) is 16.7. The Kier molecular flexibility index (Phi) is 4.38. The summed E-state index contributed by atoms with van der Waals surface area (Å²) in [5.41, 5.74) is 0. The molecule has 0 amide bonds. The molecule has 0 aromatic rings. The molecule has 1 unspecified atom stereocenters. The van der Waals surface area contributed by atoms with Gasteiger partial charge in [0.1, 0.15) is 18.3 Å². The molecule has 1 heterocycles. The standard InChI is InChI=1S/C6H12FO8P/c7-3-5(9)4(8)2(15-6(3)10)1-14-16(11,12)13/h2-6,8-10H,1H2,(H2,11,12,13)/t2-,3-,4-,5-,6?/m1/s1. The minimum Gasteiger partial charge on any atom is -0.387 e. The van der Waals surface area contributed by atoms with Crippen LogP contribution in [-0.4, -0.2) is 62.5 Å². The van der Waals surface area contributed by atoms with Gasteiger partial charge in [0.15, 0.2) is 12.5 Å². The highest BCUT2D eigenvalue weighted by molar-refractivity contribution is 7.46. The number of phosphoric ester groups is 1. The lowest BCUT2D eigenvalue weighted by molar-refractivity contribution is -0.270. The zero-order valence-electron chi connectivity index (χ0n) is 7.88. The van der Waals surface area contributed by atoms with Crippen molar-refractivity contribution in [3.05, 3.63) is 0 Å². The van der Waals surface area contributed by atoms with Crippen molar-refractivity contribution in [2.75, 3.05) is 6.61 Å². The average Bonchev–Trinajstić information content (AvgIpc) is 2.17. The molecule has 1 aliphatic rings. The first-order chi connectivity index (χ1) is 7.22. The lowest BCUT2D eigenvalue weighted by Gasteiger charge is -2.36. The first-order valence-electron chi connectivity index (χ1n) is 4.26. The van der Waals surface area contributed by atoms with Gasteiger partial charge in [0.05, 0.1) is 6.61 Å². The van der Waals surface area contributed by atoms with E-state index in [0.29, 0.717) is 0 Å². The van der Waals surface area contributed by atoms with Crippen molar-refractivity contribution in [1.29, 1.82) is 0 Å². The minimum absolute atomic E-state index is 0.785. The number of alkyl halides is 1. The van der Waals surface area contributed by atoms with Gasteiger partial charge in [-0.2, -0.15) is 0 Å². The van der Waals surface area contributed by atoms with Gasteiger partial charge in [-0.05, 0) is 0 Å². The van der Waals surface area contributed by atoms with Crippen molar-refractivity contribution in [1.82, 2.24) is 0 Å². The second-order valence-corrected chi connectivity index (χ2v) is 4.52. The van der Waals surface area contributed by atoms with Crippen LogP contribution in [0.2, 0.25) is 0 Å². The largest absolute Gasteiger partial charge is 0.469 e. The third-order valence-electron chi connectivity index (χ3n) is 2.05. The van der Waals surface area contributed by atoms with Gasteiger partial charge in [-0.15, -0.1) is 0 Å². The topological polar surface area (TPSA) is 137 Å². The zero-order chi connectivity index (χ0) is 12.5. The molecular formula is C6H12FO8P. The van der Waals surface area contributed by atoms with E-state index >= 15 is 0 Å². The van der Waals surface area contributed by atoms with Gasteiger partial charge in [-0.3, -0.25) is 4.52 Å². The third kappa shape index (κ3) is 3.44. The lowest BCUT2D eigenvalue weighted by atomic mass is 10.0. The molecule has 96 valence electrons. The number of aliphatic hydroxyl groups is 3. The molecule has 16 heavy (non-hydrogen) atoms. The molecule has 0 saturated carbocycles. The van der Waals surface area contributed by atoms with E-state index in [4.69, 9.17) is 20.0 Å². The van der Waals surface area contributed by atoms with E-state index in [9.17, 15) is 14.1 Å². The molecule has 10 heteroatoms. The Morgan fingerprint density at radius 1 is 1.25 bits per heavy atom. The maximum absolute atomic E-state index is 12.9. The van der Waals surface area contributed by atoms with E-state index in [0.717, 1.165) is 0 Å². The van der Waals surface area contributed by atoms with Crippen LogP contribution in [0.3, 0.4) is 0 Å². The van der Waals surface area contributed by atoms with Crippen LogP contribution in [0.25, 0.3) is 0 Å². The van der Waals surface area contributed by atoms with Crippen molar-refractivity contribution < 1.29 is 43.3 Å². The zero-order valence-corrected chi connectivity index (χ0v) is 8.77. The van der Waals surface area contributed by atoms with Gasteiger partial charge in [0, 0.05) is 0 Å². The number of phosphoric acid groups is 1. The molecule has 0 aromatic carbocycles. The Bertz CT molecular complexity index is 282. The van der Waals surface area contributed by atoms with Crippen molar-refractivity contribution >= 4 is 7.82 Å². The molecule has 0 aromatic heterocycles. The second kappa shape index (κ2) is 5.03. The van der Waals surface area contributed by atoms with Crippen LogP contribution in [0.4, 0.5) is 4.39 Å². The van der Waals surface area contributed by atoms with Crippen LogP contribution in [0.15, 0.2) is 0 Å². The van der Waals surface area contributed by atoms with Gasteiger partial charge < -0.3 is 29.8 Å². The molecular weight excluding hydrogens is 250 g/mol. The van der Waals surface area contributed by atoms with Crippen LogP contribution in [0.5, 0.6) is 0 Å². The molecule has 5 atom stereocenters. The van der Waals surface area contributed by atoms with E-state index in [1.54, 1.807) is 0 Å². The second-order valence-electron chi connectivity index (χ2n) is 3.28. The van der Waals surface area contributed by atoms with Crippen LogP contribution >= 0.6 is 7.82 Å². The summed E-state index contributed by atoms with van der Waals surface area (Å²) < 4.78 is 31.7. The highest BCUT2D eigenvalue weighted by Gasteiger charge is 2.44. The quantitative estimate of drug-likeness (QED) is 0.364. The van der Waals surface area contributed by atoms with Crippen molar-refractivity contribution in [3.8, 4) is 0 Å². The van der Waals surface area contributed by atoms with E-state index < -0.39 is 45.2 Å². The molecule has 5 N–H and O–H groups in total. The number of rotatable bonds is 3. The summed E-state index contributed by atoms with van der Waals surface area (Å²) in [5, 5.41) is 27.3.